The predicted molar refractivity (Wildman–Crippen MR) is 167 cm³/mol. The number of para-hydroxylation sites is 1. The van der Waals surface area contributed by atoms with Crippen LogP contribution in [-0.2, 0) is 32.6 Å². The minimum Gasteiger partial charge on any atom is -0.352 e. The molecule has 1 atom stereocenters. The minimum absolute atomic E-state index is 0.0183. The number of rotatable bonds is 12. The van der Waals surface area contributed by atoms with Crippen LogP contribution in [0.25, 0.3) is 0 Å². The zero-order valence-corrected chi connectivity index (χ0v) is 25.4. The van der Waals surface area contributed by atoms with Crippen LogP contribution < -0.4 is 9.62 Å². The van der Waals surface area contributed by atoms with E-state index in [9.17, 15) is 18.0 Å². The lowest BCUT2D eigenvalue weighted by atomic mass is 10.0. The Hall–Kier alpha value is -4.21. The highest BCUT2D eigenvalue weighted by molar-refractivity contribution is 7.92. The topological polar surface area (TPSA) is 86.8 Å². The van der Waals surface area contributed by atoms with Gasteiger partial charge in [0, 0.05) is 24.0 Å². The number of anilines is 1. The van der Waals surface area contributed by atoms with E-state index >= 15 is 4.39 Å². The summed E-state index contributed by atoms with van der Waals surface area (Å²) in [6.07, 6.45) is 0.170. The van der Waals surface area contributed by atoms with E-state index in [-0.39, 0.29) is 29.6 Å². The van der Waals surface area contributed by atoms with Crippen molar-refractivity contribution in [3.63, 3.8) is 0 Å². The molecular weight excluding hydrogens is 589 g/mol. The van der Waals surface area contributed by atoms with Gasteiger partial charge in [-0.05, 0) is 61.4 Å². The van der Waals surface area contributed by atoms with Gasteiger partial charge < -0.3 is 10.2 Å². The summed E-state index contributed by atoms with van der Waals surface area (Å²) in [7, 11) is -4.38. The van der Waals surface area contributed by atoms with E-state index in [1.54, 1.807) is 42.5 Å². The molecular formula is C33H33ClFN3O4S. The molecule has 0 aliphatic heterocycles. The van der Waals surface area contributed by atoms with Crippen molar-refractivity contribution in [2.75, 3.05) is 10.8 Å². The maximum absolute atomic E-state index is 15.1. The van der Waals surface area contributed by atoms with Crippen LogP contribution in [0.15, 0.2) is 114 Å². The van der Waals surface area contributed by atoms with E-state index < -0.39 is 40.2 Å². The Morgan fingerprint density at radius 3 is 2.00 bits per heavy atom. The van der Waals surface area contributed by atoms with Gasteiger partial charge in [-0.15, -0.1) is 0 Å². The Kier molecular flexibility index (Phi) is 10.6. The van der Waals surface area contributed by atoms with Crippen LogP contribution in [-0.4, -0.2) is 43.8 Å². The van der Waals surface area contributed by atoms with Gasteiger partial charge in [0.2, 0.25) is 11.8 Å². The van der Waals surface area contributed by atoms with Gasteiger partial charge in [0.15, 0.2) is 0 Å². The maximum atomic E-state index is 15.1. The first-order valence-electron chi connectivity index (χ1n) is 13.8. The van der Waals surface area contributed by atoms with E-state index in [0.29, 0.717) is 10.6 Å². The van der Waals surface area contributed by atoms with Crippen LogP contribution in [0.3, 0.4) is 0 Å². The largest absolute Gasteiger partial charge is 0.352 e. The molecule has 1 N–H and O–H groups in total. The van der Waals surface area contributed by atoms with E-state index in [2.05, 4.69) is 5.32 Å². The zero-order chi connectivity index (χ0) is 31.0. The maximum Gasteiger partial charge on any atom is 0.264 e. The van der Waals surface area contributed by atoms with Crippen LogP contribution >= 0.6 is 11.6 Å². The molecule has 7 nitrogen and oxygen atoms in total. The molecule has 0 fully saturated rings. The van der Waals surface area contributed by atoms with Crippen LogP contribution in [0.4, 0.5) is 10.1 Å². The minimum atomic E-state index is -4.38. The van der Waals surface area contributed by atoms with Gasteiger partial charge in [-0.2, -0.15) is 0 Å². The second-order valence-corrected chi connectivity index (χ2v) is 12.6. The second-order valence-electron chi connectivity index (χ2n) is 10.3. The van der Waals surface area contributed by atoms with Crippen molar-refractivity contribution < 1.29 is 22.4 Å². The van der Waals surface area contributed by atoms with Gasteiger partial charge in [-0.1, -0.05) is 84.4 Å². The number of halogens is 2. The number of carbonyl (C=O) groups is 2. The molecule has 0 aliphatic rings. The molecule has 0 unspecified atom stereocenters. The quantitative estimate of drug-likeness (QED) is 0.215. The molecule has 0 aromatic heterocycles. The van der Waals surface area contributed by atoms with Crippen molar-refractivity contribution in [1.82, 2.24) is 10.2 Å². The van der Waals surface area contributed by atoms with Gasteiger partial charge in [-0.25, -0.2) is 12.8 Å². The summed E-state index contributed by atoms with van der Waals surface area (Å²) < 4.78 is 43.6. The zero-order valence-electron chi connectivity index (χ0n) is 23.9. The average Bonchev–Trinajstić information content (AvgIpc) is 2.99. The van der Waals surface area contributed by atoms with Gasteiger partial charge in [-0.3, -0.25) is 13.9 Å². The van der Waals surface area contributed by atoms with Crippen molar-refractivity contribution in [1.29, 1.82) is 0 Å². The number of sulfonamides is 1. The van der Waals surface area contributed by atoms with Crippen molar-refractivity contribution in [3.05, 3.63) is 131 Å². The Labute approximate surface area is 257 Å². The number of hydrogen-bond donors (Lipinski definition) is 1. The Morgan fingerprint density at radius 1 is 0.814 bits per heavy atom. The number of nitrogens with zero attached hydrogens (tertiary/aromatic N) is 2. The molecule has 43 heavy (non-hydrogen) atoms. The molecule has 0 saturated heterocycles. The van der Waals surface area contributed by atoms with Crippen molar-refractivity contribution in [2.24, 2.45) is 0 Å². The third-order valence-corrected chi connectivity index (χ3v) is 8.73. The van der Waals surface area contributed by atoms with Crippen LogP contribution in [0.1, 0.15) is 25.0 Å². The number of benzene rings is 4. The average molecular weight is 622 g/mol. The molecule has 0 radical (unpaired) electrons. The van der Waals surface area contributed by atoms with Gasteiger partial charge in [0.05, 0.1) is 10.6 Å². The first kappa shape index (κ1) is 31.7. The monoisotopic (exact) mass is 621 g/mol. The van der Waals surface area contributed by atoms with Crippen LogP contribution in [0.5, 0.6) is 0 Å². The van der Waals surface area contributed by atoms with Crippen LogP contribution in [0, 0.1) is 5.82 Å². The lowest BCUT2D eigenvalue weighted by Gasteiger charge is -2.34. The fourth-order valence-electron chi connectivity index (χ4n) is 4.61. The molecule has 4 aromatic carbocycles. The smallest absolute Gasteiger partial charge is 0.264 e. The van der Waals surface area contributed by atoms with E-state index in [0.717, 1.165) is 15.9 Å². The first-order chi connectivity index (χ1) is 20.6. The summed E-state index contributed by atoms with van der Waals surface area (Å²) >= 11 is 6.09. The van der Waals surface area contributed by atoms with E-state index in [1.165, 1.54) is 35.2 Å². The third kappa shape index (κ3) is 8.21. The van der Waals surface area contributed by atoms with E-state index in [1.807, 2.05) is 44.2 Å². The number of hydrogen-bond acceptors (Lipinski definition) is 4. The van der Waals surface area contributed by atoms with Gasteiger partial charge in [0.1, 0.15) is 18.4 Å². The number of nitrogens with one attached hydrogen (secondary N) is 1. The Balaban J connectivity index is 1.80. The molecule has 4 rings (SSSR count). The second kappa shape index (κ2) is 14.3. The Bertz CT molecular complexity index is 1640. The summed E-state index contributed by atoms with van der Waals surface area (Å²) in [6, 6.07) is 27.7. The number of carbonyl (C=O) groups excluding carboxylic acids is 2. The van der Waals surface area contributed by atoms with Gasteiger partial charge in [0.25, 0.3) is 10.0 Å². The summed E-state index contributed by atoms with van der Waals surface area (Å²) in [5, 5.41) is 3.40. The fourth-order valence-corrected chi connectivity index (χ4v) is 6.18. The SMILES string of the molecule is CC(C)NC(=O)[C@@H](Cc1ccccc1)N(Cc1ccc(Cl)cc1)C(=O)CN(c1ccccc1F)S(=O)(=O)c1ccccc1. The van der Waals surface area contributed by atoms with Crippen molar-refractivity contribution in [2.45, 2.75) is 43.8 Å². The lowest BCUT2D eigenvalue weighted by molar-refractivity contribution is -0.140. The van der Waals surface area contributed by atoms with E-state index in [4.69, 9.17) is 11.6 Å². The van der Waals surface area contributed by atoms with Crippen molar-refractivity contribution >= 4 is 39.1 Å². The highest BCUT2D eigenvalue weighted by atomic mass is 35.5. The predicted octanol–water partition coefficient (Wildman–Crippen LogP) is 5.84. The molecule has 0 spiro atoms. The highest BCUT2D eigenvalue weighted by Crippen LogP contribution is 2.27. The standard InChI is InChI=1S/C33H33ClFN3O4S/c1-24(2)36-33(40)31(21-25-11-5-3-6-12-25)37(22-26-17-19-27(34)20-18-26)32(39)23-38(30-16-10-9-15-29(30)35)43(41,42)28-13-7-4-8-14-28/h3-20,24,31H,21-23H2,1-2H3,(H,36,40)/t31-/m1/s1. The summed E-state index contributed by atoms with van der Waals surface area (Å²) in [6.45, 7) is 2.87. The summed E-state index contributed by atoms with van der Waals surface area (Å²) in [5.41, 5.74) is 1.21. The summed E-state index contributed by atoms with van der Waals surface area (Å²) in [4.78, 5) is 29.2. The third-order valence-electron chi connectivity index (χ3n) is 6.70. The fraction of sp³-hybridized carbons (Fsp3) is 0.212. The molecule has 4 aromatic rings. The number of amides is 2. The first-order valence-corrected chi connectivity index (χ1v) is 15.6. The lowest BCUT2D eigenvalue weighted by Crippen LogP contribution is -2.54. The molecule has 0 aliphatic carbocycles. The summed E-state index contributed by atoms with van der Waals surface area (Å²) in [5.74, 6) is -1.89. The molecule has 0 heterocycles. The highest BCUT2D eigenvalue weighted by Gasteiger charge is 2.35. The molecule has 10 heteroatoms. The molecule has 0 saturated carbocycles. The molecule has 2 amide bonds. The Morgan fingerprint density at radius 2 is 1.40 bits per heavy atom. The normalized spacial score (nSPS) is 12.0. The molecule has 0 bridgehead atoms. The van der Waals surface area contributed by atoms with Crippen LogP contribution in [0.2, 0.25) is 5.02 Å². The molecule has 224 valence electrons. The van der Waals surface area contributed by atoms with Gasteiger partial charge >= 0.3 is 0 Å². The van der Waals surface area contributed by atoms with Crippen molar-refractivity contribution in [3.8, 4) is 0 Å².